The zero-order chi connectivity index (χ0) is 20.8. The summed E-state index contributed by atoms with van der Waals surface area (Å²) in [5.74, 6) is -0.361. The molecule has 3 aromatic carbocycles. The van der Waals surface area contributed by atoms with Gasteiger partial charge in [0.2, 0.25) is 0 Å². The molecule has 1 saturated heterocycles. The highest BCUT2D eigenvalue weighted by Gasteiger charge is 2.35. The molecular weight excluding hydrogens is 374 g/mol. The van der Waals surface area contributed by atoms with Gasteiger partial charge in [-0.1, -0.05) is 42.0 Å². The highest BCUT2D eigenvalue weighted by atomic mass is 16.1. The van der Waals surface area contributed by atoms with Gasteiger partial charge in [0, 0.05) is 29.9 Å². The zero-order valence-electron chi connectivity index (χ0n) is 16.9. The summed E-state index contributed by atoms with van der Waals surface area (Å²) in [6.07, 6.45) is 2.18. The van der Waals surface area contributed by atoms with Gasteiger partial charge < -0.3 is 16.0 Å². The topological polar surface area (TPSA) is 75.4 Å². The van der Waals surface area contributed by atoms with Crippen molar-refractivity contribution in [2.75, 3.05) is 29.0 Å². The number of anilines is 4. The lowest BCUT2D eigenvalue weighted by Crippen LogP contribution is -2.26. The van der Waals surface area contributed by atoms with Crippen molar-refractivity contribution in [3.05, 3.63) is 82.4 Å². The molecule has 2 aliphatic rings. The van der Waals surface area contributed by atoms with E-state index in [9.17, 15) is 9.59 Å². The van der Waals surface area contributed by atoms with Crippen molar-refractivity contribution in [3.8, 4) is 0 Å². The number of nitrogens with one attached hydrogen (secondary N) is 1. The Kier molecular flexibility index (Phi) is 4.31. The molecule has 1 heterocycles. The first-order valence-corrected chi connectivity index (χ1v) is 10.3. The van der Waals surface area contributed by atoms with Gasteiger partial charge in [0.25, 0.3) is 0 Å². The molecule has 0 aromatic heterocycles. The van der Waals surface area contributed by atoms with Gasteiger partial charge in [-0.15, -0.1) is 0 Å². The third-order valence-electron chi connectivity index (χ3n) is 5.99. The van der Waals surface area contributed by atoms with Crippen LogP contribution >= 0.6 is 0 Å². The minimum Gasteiger partial charge on any atom is -0.396 e. The number of nitrogen functional groups attached to an aromatic ring is 1. The van der Waals surface area contributed by atoms with Crippen LogP contribution in [0.3, 0.4) is 0 Å². The summed E-state index contributed by atoms with van der Waals surface area (Å²) in [4.78, 5) is 29.1. The molecule has 5 heteroatoms. The smallest absolute Gasteiger partial charge is 0.196 e. The second-order valence-corrected chi connectivity index (χ2v) is 8.00. The third kappa shape index (κ3) is 2.86. The number of carbonyl (C=O) groups is 2. The van der Waals surface area contributed by atoms with Crippen LogP contribution in [0, 0.1) is 6.92 Å². The van der Waals surface area contributed by atoms with Crippen molar-refractivity contribution in [2.45, 2.75) is 19.8 Å². The van der Waals surface area contributed by atoms with E-state index in [1.54, 1.807) is 24.3 Å². The first-order chi connectivity index (χ1) is 14.5. The molecule has 150 valence electrons. The molecule has 3 N–H and O–H groups in total. The summed E-state index contributed by atoms with van der Waals surface area (Å²) < 4.78 is 0. The van der Waals surface area contributed by atoms with E-state index < -0.39 is 0 Å². The van der Waals surface area contributed by atoms with E-state index in [0.29, 0.717) is 33.6 Å². The molecule has 0 bridgehead atoms. The lowest BCUT2D eigenvalue weighted by atomic mass is 9.81. The van der Waals surface area contributed by atoms with Gasteiger partial charge in [0.05, 0.1) is 28.2 Å². The van der Waals surface area contributed by atoms with E-state index in [0.717, 1.165) is 42.9 Å². The van der Waals surface area contributed by atoms with Crippen LogP contribution in [0.4, 0.5) is 22.7 Å². The number of rotatable bonds is 3. The summed E-state index contributed by atoms with van der Waals surface area (Å²) >= 11 is 0. The number of fused-ring (bicyclic) bond motifs is 2. The van der Waals surface area contributed by atoms with Gasteiger partial charge in [0.15, 0.2) is 11.6 Å². The predicted octanol–water partition coefficient (Wildman–Crippen LogP) is 4.70. The molecule has 0 unspecified atom stereocenters. The van der Waals surface area contributed by atoms with Crippen LogP contribution in [-0.4, -0.2) is 24.7 Å². The third-order valence-corrected chi connectivity index (χ3v) is 5.99. The number of nitrogens with zero attached hydrogens (tertiary/aromatic N) is 1. The highest BCUT2D eigenvalue weighted by Crippen LogP contribution is 2.42. The average Bonchev–Trinajstić information content (AvgIpc) is 3.29. The van der Waals surface area contributed by atoms with Crippen molar-refractivity contribution < 1.29 is 9.59 Å². The van der Waals surface area contributed by atoms with Crippen molar-refractivity contribution in [1.29, 1.82) is 0 Å². The number of carbonyl (C=O) groups excluding carboxylic acids is 2. The molecular formula is C25H23N3O2. The van der Waals surface area contributed by atoms with E-state index in [1.807, 2.05) is 37.3 Å². The quantitative estimate of drug-likeness (QED) is 0.490. The standard InChI is InChI=1S/C25H23N3O2/c1-15-8-10-16(11-9-15)27-19-14-20(28-12-4-5-13-28)23(26)22-21(19)24(29)17-6-2-3-7-18(17)25(22)30/h2-3,6-11,14,27H,4-5,12-13,26H2,1H3. The Morgan fingerprint density at radius 2 is 1.47 bits per heavy atom. The van der Waals surface area contributed by atoms with E-state index in [4.69, 9.17) is 5.73 Å². The number of aryl methyl sites for hydroxylation is 1. The van der Waals surface area contributed by atoms with Crippen molar-refractivity contribution in [2.24, 2.45) is 0 Å². The van der Waals surface area contributed by atoms with Crippen molar-refractivity contribution >= 4 is 34.3 Å². The Morgan fingerprint density at radius 3 is 2.10 bits per heavy atom. The Bertz CT molecular complexity index is 1180. The van der Waals surface area contributed by atoms with Gasteiger partial charge in [-0.05, 0) is 38.0 Å². The largest absolute Gasteiger partial charge is 0.396 e. The Labute approximate surface area is 175 Å². The average molecular weight is 397 g/mol. The van der Waals surface area contributed by atoms with Crippen LogP contribution in [0.5, 0.6) is 0 Å². The Morgan fingerprint density at radius 1 is 0.867 bits per heavy atom. The summed E-state index contributed by atoms with van der Waals surface area (Å²) in [6.45, 7) is 3.82. The first-order valence-electron chi connectivity index (χ1n) is 10.3. The summed E-state index contributed by atoms with van der Waals surface area (Å²) in [6, 6.07) is 16.9. The highest BCUT2D eigenvalue weighted by molar-refractivity contribution is 6.32. The van der Waals surface area contributed by atoms with Crippen LogP contribution in [0.2, 0.25) is 0 Å². The normalized spacial score (nSPS) is 15.2. The van der Waals surface area contributed by atoms with Gasteiger partial charge >= 0.3 is 0 Å². The molecule has 0 saturated carbocycles. The van der Waals surface area contributed by atoms with Crippen molar-refractivity contribution in [3.63, 3.8) is 0 Å². The van der Waals surface area contributed by atoms with Crippen LogP contribution in [0.15, 0.2) is 54.6 Å². The lowest BCUT2D eigenvalue weighted by Gasteiger charge is -2.28. The van der Waals surface area contributed by atoms with Gasteiger partial charge in [0.1, 0.15) is 0 Å². The number of benzene rings is 3. The maximum absolute atomic E-state index is 13.4. The molecule has 5 rings (SSSR count). The van der Waals surface area contributed by atoms with Crippen LogP contribution in [0.25, 0.3) is 0 Å². The number of nitrogens with two attached hydrogens (primary N) is 1. The van der Waals surface area contributed by atoms with Crippen LogP contribution < -0.4 is 16.0 Å². The molecule has 0 amide bonds. The van der Waals surface area contributed by atoms with Gasteiger partial charge in [-0.3, -0.25) is 9.59 Å². The summed E-state index contributed by atoms with van der Waals surface area (Å²) in [7, 11) is 0. The minimum absolute atomic E-state index is 0.172. The molecule has 3 aromatic rings. The monoisotopic (exact) mass is 397 g/mol. The molecule has 1 aliphatic heterocycles. The van der Waals surface area contributed by atoms with Gasteiger partial charge in [-0.25, -0.2) is 0 Å². The van der Waals surface area contributed by atoms with E-state index in [2.05, 4.69) is 10.2 Å². The second-order valence-electron chi connectivity index (χ2n) is 8.00. The summed E-state index contributed by atoms with van der Waals surface area (Å²) in [5.41, 5.74) is 11.9. The molecule has 0 radical (unpaired) electrons. The molecule has 0 spiro atoms. The van der Waals surface area contributed by atoms with E-state index in [-0.39, 0.29) is 11.6 Å². The van der Waals surface area contributed by atoms with E-state index in [1.165, 1.54) is 0 Å². The number of hydrogen-bond donors (Lipinski definition) is 2. The number of hydrogen-bond acceptors (Lipinski definition) is 5. The fourth-order valence-electron chi connectivity index (χ4n) is 4.41. The van der Waals surface area contributed by atoms with Gasteiger partial charge in [-0.2, -0.15) is 0 Å². The Hall–Kier alpha value is -3.60. The Balaban J connectivity index is 1.73. The summed E-state index contributed by atoms with van der Waals surface area (Å²) in [5, 5.41) is 3.38. The van der Waals surface area contributed by atoms with Crippen molar-refractivity contribution in [1.82, 2.24) is 0 Å². The molecule has 30 heavy (non-hydrogen) atoms. The second kappa shape index (κ2) is 7.02. The predicted molar refractivity (Wildman–Crippen MR) is 120 cm³/mol. The molecule has 0 atom stereocenters. The van der Waals surface area contributed by atoms with Crippen LogP contribution in [-0.2, 0) is 0 Å². The fourth-order valence-corrected chi connectivity index (χ4v) is 4.41. The minimum atomic E-state index is -0.189. The number of ketones is 2. The maximum atomic E-state index is 13.4. The zero-order valence-corrected chi connectivity index (χ0v) is 16.9. The molecule has 5 nitrogen and oxygen atoms in total. The van der Waals surface area contributed by atoms with Crippen LogP contribution in [0.1, 0.15) is 50.2 Å². The molecule has 1 fully saturated rings. The first kappa shape index (κ1) is 18.4. The SMILES string of the molecule is Cc1ccc(Nc2cc(N3CCCC3)c(N)c3c2C(=O)c2ccccc2C3=O)cc1. The maximum Gasteiger partial charge on any atom is 0.196 e. The molecule has 1 aliphatic carbocycles. The van der Waals surface area contributed by atoms with E-state index >= 15 is 0 Å². The fraction of sp³-hybridized carbons (Fsp3) is 0.200. The lowest BCUT2D eigenvalue weighted by molar-refractivity contribution is 0.0980.